The number of rotatable bonds is 2. The zero-order chi connectivity index (χ0) is 10.8. The number of alkyl halides is 2. The van der Waals surface area contributed by atoms with Gasteiger partial charge in [0.25, 0.3) is 11.4 Å². The van der Waals surface area contributed by atoms with Gasteiger partial charge in [-0.25, -0.2) is 5.10 Å². The molecule has 0 fully saturated rings. The first-order valence-electron chi connectivity index (χ1n) is 3.83. The molecule has 0 amide bonds. The van der Waals surface area contributed by atoms with Crippen molar-refractivity contribution in [3.05, 3.63) is 28.5 Å². The minimum atomic E-state index is -2.83. The molecule has 0 aliphatic rings. The summed E-state index contributed by atoms with van der Waals surface area (Å²) in [6.07, 6.45) is -1.61. The van der Waals surface area contributed by atoms with Gasteiger partial charge in [-0.15, -0.1) is 10.2 Å². The molecule has 78 valence electrons. The van der Waals surface area contributed by atoms with Crippen LogP contribution in [0.5, 0.6) is 0 Å². The van der Waals surface area contributed by atoms with Gasteiger partial charge in [-0.05, 0) is 0 Å². The van der Waals surface area contributed by atoms with Gasteiger partial charge in [0, 0.05) is 6.07 Å². The minimum Gasteiger partial charge on any atom is -0.415 e. The second-order valence-corrected chi connectivity index (χ2v) is 2.58. The highest BCUT2D eigenvalue weighted by atomic mass is 19.3. The Balaban J connectivity index is 2.41. The van der Waals surface area contributed by atoms with E-state index in [0.717, 1.165) is 6.07 Å². The Morgan fingerprint density at radius 2 is 2.20 bits per heavy atom. The van der Waals surface area contributed by atoms with Gasteiger partial charge in [0.05, 0.1) is 11.8 Å². The van der Waals surface area contributed by atoms with Crippen molar-refractivity contribution >= 4 is 0 Å². The Morgan fingerprint density at radius 1 is 1.40 bits per heavy atom. The molecule has 1 N–H and O–H groups in total. The Morgan fingerprint density at radius 3 is 2.80 bits per heavy atom. The van der Waals surface area contributed by atoms with Gasteiger partial charge in [-0.3, -0.25) is 4.79 Å². The van der Waals surface area contributed by atoms with E-state index in [-0.39, 0.29) is 11.5 Å². The van der Waals surface area contributed by atoms with E-state index >= 15 is 0 Å². The van der Waals surface area contributed by atoms with Crippen LogP contribution in [0.1, 0.15) is 12.3 Å². The molecular weight excluding hydrogens is 210 g/mol. The zero-order valence-electron chi connectivity index (χ0n) is 7.15. The summed E-state index contributed by atoms with van der Waals surface area (Å²) in [4.78, 5) is 10.8. The zero-order valence-corrected chi connectivity index (χ0v) is 7.15. The predicted molar refractivity (Wildman–Crippen MR) is 43.1 cm³/mol. The number of H-pyrrole nitrogens is 1. The van der Waals surface area contributed by atoms with Crippen LogP contribution in [-0.4, -0.2) is 20.4 Å². The van der Waals surface area contributed by atoms with Crippen molar-refractivity contribution in [2.24, 2.45) is 0 Å². The van der Waals surface area contributed by atoms with E-state index in [1.54, 1.807) is 0 Å². The molecule has 15 heavy (non-hydrogen) atoms. The molecular formula is C7H4F2N4O2. The summed E-state index contributed by atoms with van der Waals surface area (Å²) in [7, 11) is 0. The van der Waals surface area contributed by atoms with E-state index in [1.165, 1.54) is 6.20 Å². The van der Waals surface area contributed by atoms with Crippen molar-refractivity contribution in [2.75, 3.05) is 0 Å². The lowest BCUT2D eigenvalue weighted by atomic mass is 10.3. The number of hydrogen-bond donors (Lipinski definition) is 1. The molecule has 0 aliphatic carbocycles. The van der Waals surface area contributed by atoms with Crippen molar-refractivity contribution < 1.29 is 13.2 Å². The third-order valence-electron chi connectivity index (χ3n) is 1.54. The maximum atomic E-state index is 12.1. The maximum absolute atomic E-state index is 12.1. The molecule has 0 aromatic carbocycles. The molecule has 6 nitrogen and oxygen atoms in total. The molecule has 0 bridgehead atoms. The summed E-state index contributed by atoms with van der Waals surface area (Å²) in [5.41, 5.74) is -0.289. The molecule has 0 unspecified atom stereocenters. The molecule has 2 heterocycles. The van der Waals surface area contributed by atoms with Crippen molar-refractivity contribution in [3.8, 4) is 11.5 Å². The lowest BCUT2D eigenvalue weighted by Crippen LogP contribution is -2.05. The van der Waals surface area contributed by atoms with Crippen molar-refractivity contribution in [1.82, 2.24) is 20.4 Å². The predicted octanol–water partition coefficient (Wildman–Crippen LogP) is 0.757. The summed E-state index contributed by atoms with van der Waals surface area (Å²) in [6.45, 7) is 0. The van der Waals surface area contributed by atoms with Crippen molar-refractivity contribution in [1.29, 1.82) is 0 Å². The van der Waals surface area contributed by atoms with Gasteiger partial charge in [0.15, 0.2) is 0 Å². The topological polar surface area (TPSA) is 84.7 Å². The smallest absolute Gasteiger partial charge is 0.314 e. The summed E-state index contributed by atoms with van der Waals surface area (Å²) >= 11 is 0. The molecule has 0 atom stereocenters. The van der Waals surface area contributed by atoms with E-state index in [2.05, 4.69) is 24.8 Å². The summed E-state index contributed by atoms with van der Waals surface area (Å²) in [5, 5.41) is 12.1. The molecule has 2 rings (SSSR count). The number of aromatic nitrogens is 4. The van der Waals surface area contributed by atoms with Gasteiger partial charge in [0.1, 0.15) is 0 Å². The maximum Gasteiger partial charge on any atom is 0.314 e. The summed E-state index contributed by atoms with van der Waals surface area (Å²) in [5.74, 6) is -0.950. The highest BCUT2D eigenvalue weighted by Crippen LogP contribution is 2.21. The van der Waals surface area contributed by atoms with Crippen LogP contribution in [-0.2, 0) is 0 Å². The van der Waals surface area contributed by atoms with Crippen LogP contribution in [0.4, 0.5) is 8.78 Å². The average Bonchev–Trinajstić information content (AvgIpc) is 2.66. The highest BCUT2D eigenvalue weighted by molar-refractivity contribution is 5.49. The van der Waals surface area contributed by atoms with Crippen LogP contribution in [0.15, 0.2) is 21.5 Å². The molecule has 0 saturated carbocycles. The van der Waals surface area contributed by atoms with Crippen molar-refractivity contribution in [3.63, 3.8) is 0 Å². The van der Waals surface area contributed by atoms with E-state index < -0.39 is 17.9 Å². The molecule has 2 aromatic heterocycles. The number of hydrogen-bond acceptors (Lipinski definition) is 5. The normalized spacial score (nSPS) is 10.9. The number of nitrogens with one attached hydrogen (secondary N) is 1. The van der Waals surface area contributed by atoms with E-state index in [0.29, 0.717) is 0 Å². The molecule has 0 aliphatic heterocycles. The fourth-order valence-corrected chi connectivity index (χ4v) is 0.933. The molecule has 8 heteroatoms. The first-order chi connectivity index (χ1) is 7.16. The Bertz CT molecular complexity index is 521. The minimum absolute atomic E-state index is 0.163. The van der Waals surface area contributed by atoms with E-state index in [4.69, 9.17) is 0 Å². The standard InChI is InChI=1S/C7H4F2N4O2/c8-5(9)7-13-12-6(15-7)3-1-4(14)11-10-2-3/h1-2,5H,(H,11,14). The van der Waals surface area contributed by atoms with Crippen LogP contribution in [0.3, 0.4) is 0 Å². The van der Waals surface area contributed by atoms with Gasteiger partial charge in [0.2, 0.25) is 5.89 Å². The third kappa shape index (κ3) is 1.87. The second-order valence-electron chi connectivity index (χ2n) is 2.58. The fraction of sp³-hybridized carbons (Fsp3) is 0.143. The van der Waals surface area contributed by atoms with Crippen LogP contribution in [0.25, 0.3) is 11.5 Å². The Labute approximate surface area is 81.0 Å². The van der Waals surface area contributed by atoms with Crippen molar-refractivity contribution in [2.45, 2.75) is 6.43 Å². The first-order valence-corrected chi connectivity index (χ1v) is 3.83. The second kappa shape index (κ2) is 3.56. The number of nitrogens with zero attached hydrogens (tertiary/aromatic N) is 3. The monoisotopic (exact) mass is 214 g/mol. The van der Waals surface area contributed by atoms with Crippen LogP contribution >= 0.6 is 0 Å². The number of aromatic amines is 1. The Hall–Kier alpha value is -2.12. The highest BCUT2D eigenvalue weighted by Gasteiger charge is 2.17. The lowest BCUT2D eigenvalue weighted by molar-refractivity contribution is 0.116. The molecule has 0 saturated heterocycles. The number of halogens is 2. The fourth-order valence-electron chi connectivity index (χ4n) is 0.933. The summed E-state index contributed by atoms with van der Waals surface area (Å²) in [6, 6.07) is 1.12. The lowest BCUT2D eigenvalue weighted by Gasteiger charge is -1.91. The Kier molecular flexibility index (Phi) is 2.24. The molecule has 2 aromatic rings. The average molecular weight is 214 g/mol. The quantitative estimate of drug-likeness (QED) is 0.797. The van der Waals surface area contributed by atoms with Gasteiger partial charge >= 0.3 is 6.43 Å². The van der Waals surface area contributed by atoms with Crippen LogP contribution in [0, 0.1) is 0 Å². The van der Waals surface area contributed by atoms with Gasteiger partial charge < -0.3 is 4.42 Å². The third-order valence-corrected chi connectivity index (χ3v) is 1.54. The molecule has 0 spiro atoms. The molecule has 0 radical (unpaired) electrons. The SMILES string of the molecule is O=c1cc(-c2nnc(C(F)F)o2)cn[nH]1. The van der Waals surface area contributed by atoms with Crippen LogP contribution in [0.2, 0.25) is 0 Å². The van der Waals surface area contributed by atoms with E-state index in [9.17, 15) is 13.6 Å². The largest absolute Gasteiger partial charge is 0.415 e. The van der Waals surface area contributed by atoms with Crippen LogP contribution < -0.4 is 5.56 Å². The van der Waals surface area contributed by atoms with Gasteiger partial charge in [-0.1, -0.05) is 0 Å². The van der Waals surface area contributed by atoms with Gasteiger partial charge in [-0.2, -0.15) is 13.9 Å². The summed E-state index contributed by atoms with van der Waals surface area (Å²) < 4.78 is 28.8. The van der Waals surface area contributed by atoms with E-state index in [1.807, 2.05) is 0 Å². The first kappa shape index (κ1) is 9.44.